The summed E-state index contributed by atoms with van der Waals surface area (Å²) < 4.78 is 4.86. The van der Waals surface area contributed by atoms with Gasteiger partial charge in [-0.05, 0) is 29.5 Å². The number of halogens is 2. The minimum atomic E-state index is -0.322. The largest absolute Gasteiger partial charge is 0.451 e. The second-order valence-electron chi connectivity index (χ2n) is 3.87. The highest BCUT2D eigenvalue weighted by molar-refractivity contribution is 14.1. The van der Waals surface area contributed by atoms with Crippen LogP contribution in [-0.2, 0) is 9.53 Å². The van der Waals surface area contributed by atoms with Crippen LogP contribution in [0.1, 0.15) is 6.92 Å². The molecule has 0 aromatic rings. The Bertz CT molecular complexity index is 383. The molecular formula is C10H16BrIN4O2S. The van der Waals surface area contributed by atoms with Crippen molar-refractivity contribution >= 4 is 62.0 Å². The van der Waals surface area contributed by atoms with Gasteiger partial charge in [0.05, 0.1) is 23.7 Å². The lowest BCUT2D eigenvalue weighted by atomic mass is 10.1. The Morgan fingerprint density at radius 1 is 1.79 bits per heavy atom. The van der Waals surface area contributed by atoms with Crippen LogP contribution >= 0.6 is 50.3 Å². The van der Waals surface area contributed by atoms with Gasteiger partial charge in [-0.15, -0.1) is 11.8 Å². The molecule has 1 aliphatic heterocycles. The fourth-order valence-corrected chi connectivity index (χ4v) is 3.78. The molecule has 0 bridgehead atoms. The van der Waals surface area contributed by atoms with E-state index in [-0.39, 0.29) is 43.7 Å². The van der Waals surface area contributed by atoms with Crippen LogP contribution in [0, 0.1) is 5.41 Å². The molecule has 5 N–H and O–H groups in total. The van der Waals surface area contributed by atoms with E-state index in [1.54, 1.807) is 6.92 Å². The predicted octanol–water partition coefficient (Wildman–Crippen LogP) is 1.10. The molecule has 1 heterocycles. The van der Waals surface area contributed by atoms with Gasteiger partial charge in [0.15, 0.2) is 0 Å². The normalized spacial score (nSPS) is 27.8. The van der Waals surface area contributed by atoms with Crippen molar-refractivity contribution in [3.8, 4) is 0 Å². The summed E-state index contributed by atoms with van der Waals surface area (Å²) in [5, 5.41) is 13.9. The molecule has 0 saturated carbocycles. The average Bonchev–Trinajstić information content (AvgIpc) is 2.65. The van der Waals surface area contributed by atoms with Crippen LogP contribution in [0.25, 0.3) is 0 Å². The first-order valence-corrected chi connectivity index (χ1v) is 8.57. The monoisotopic (exact) mass is 462 g/mol. The number of nitrogens with two attached hydrogens (primary N) is 1. The van der Waals surface area contributed by atoms with Crippen molar-refractivity contribution in [2.45, 2.75) is 26.7 Å². The summed E-state index contributed by atoms with van der Waals surface area (Å²) in [5.74, 6) is -0.322. The van der Waals surface area contributed by atoms with Gasteiger partial charge in [-0.1, -0.05) is 22.5 Å². The summed E-state index contributed by atoms with van der Waals surface area (Å²) in [6.45, 7) is 5.44. The second kappa shape index (κ2) is 7.81. The Kier molecular flexibility index (Phi) is 7.08. The second-order valence-corrected chi connectivity index (χ2v) is 8.40. The van der Waals surface area contributed by atoms with Crippen molar-refractivity contribution in [1.82, 2.24) is 10.6 Å². The molecule has 108 valence electrons. The van der Waals surface area contributed by atoms with E-state index in [4.69, 9.17) is 15.9 Å². The van der Waals surface area contributed by atoms with Gasteiger partial charge in [0.25, 0.3) is 0 Å². The van der Waals surface area contributed by atoms with Crippen molar-refractivity contribution in [3.63, 3.8) is 0 Å². The van der Waals surface area contributed by atoms with E-state index in [1.165, 1.54) is 11.8 Å². The summed E-state index contributed by atoms with van der Waals surface area (Å²) in [5.41, 5.74) is 5.98. The lowest BCUT2D eigenvalue weighted by molar-refractivity contribution is -0.142. The Morgan fingerprint density at radius 2 is 2.42 bits per heavy atom. The van der Waals surface area contributed by atoms with Gasteiger partial charge in [-0.2, -0.15) is 0 Å². The molecule has 0 aromatic carbocycles. The van der Waals surface area contributed by atoms with Crippen molar-refractivity contribution in [3.05, 3.63) is 12.3 Å². The predicted molar refractivity (Wildman–Crippen MR) is 89.6 cm³/mol. The number of ether oxygens (including phenoxy) is 1. The number of esters is 1. The quantitative estimate of drug-likeness (QED) is 0.155. The summed E-state index contributed by atoms with van der Waals surface area (Å²) >= 11 is 6.95. The van der Waals surface area contributed by atoms with E-state index in [0.29, 0.717) is 0 Å². The summed E-state index contributed by atoms with van der Waals surface area (Å²) in [6.07, 6.45) is 0. The zero-order valence-electron chi connectivity index (χ0n) is 10.3. The molecule has 9 heteroatoms. The first-order chi connectivity index (χ1) is 8.81. The third-order valence-corrected chi connectivity index (χ3v) is 4.55. The van der Waals surface area contributed by atoms with Crippen LogP contribution in [0.5, 0.6) is 0 Å². The maximum absolute atomic E-state index is 11.5. The number of rotatable bonds is 6. The van der Waals surface area contributed by atoms with Gasteiger partial charge in [0.1, 0.15) is 8.39 Å². The van der Waals surface area contributed by atoms with Gasteiger partial charge in [0.2, 0.25) is 0 Å². The van der Waals surface area contributed by atoms with Crippen molar-refractivity contribution in [2.75, 3.05) is 6.54 Å². The minimum absolute atomic E-state index is 0.00535. The third kappa shape index (κ3) is 5.58. The topological polar surface area (TPSA) is 100 Å². The number of hydrogen-bond donors (Lipinski definition) is 4. The highest BCUT2D eigenvalue weighted by Crippen LogP contribution is 2.30. The zero-order chi connectivity index (χ0) is 14.6. The maximum atomic E-state index is 11.5. The molecule has 3 unspecified atom stereocenters. The molecule has 1 aliphatic rings. The maximum Gasteiger partial charge on any atom is 0.320 e. The van der Waals surface area contributed by atoms with Gasteiger partial charge in [0, 0.05) is 5.70 Å². The van der Waals surface area contributed by atoms with Crippen LogP contribution in [0.3, 0.4) is 0 Å². The molecule has 4 atom stereocenters. The van der Waals surface area contributed by atoms with Crippen LogP contribution in [0.15, 0.2) is 12.3 Å². The standard InChI is InChI=1S/C10H16BrIN4O2S/c1-4(13)7(14)8-9(19-10(11)16-8)15-3-6(17)18-5(2)12/h5,8-10,14-16H,1,3,13H2,2H3/t5?,8-,9?,10?/m1/s1. The van der Waals surface area contributed by atoms with Crippen molar-refractivity contribution in [2.24, 2.45) is 5.73 Å². The molecule has 0 amide bonds. The Morgan fingerprint density at radius 3 is 2.95 bits per heavy atom. The Hall–Kier alpha value is 0.160. The summed E-state index contributed by atoms with van der Waals surface area (Å²) in [4.78, 5) is 11.5. The molecule has 0 radical (unpaired) electrons. The molecule has 19 heavy (non-hydrogen) atoms. The average molecular weight is 463 g/mol. The van der Waals surface area contributed by atoms with Crippen molar-refractivity contribution in [1.29, 1.82) is 5.41 Å². The number of carbonyl (C=O) groups is 1. The molecule has 6 nitrogen and oxygen atoms in total. The SMILES string of the molecule is C=C(N)C(=N)[C@H]1NC(Br)SC1NCC(=O)OC(C)I. The zero-order valence-corrected chi connectivity index (χ0v) is 14.8. The third-order valence-electron chi connectivity index (χ3n) is 2.28. The minimum Gasteiger partial charge on any atom is -0.451 e. The molecule has 0 aliphatic carbocycles. The number of thioether (sulfide) groups is 1. The van der Waals surface area contributed by atoms with E-state index in [9.17, 15) is 4.79 Å². The fourth-order valence-electron chi connectivity index (χ4n) is 1.48. The van der Waals surface area contributed by atoms with Crippen LogP contribution in [0.4, 0.5) is 0 Å². The molecule has 1 fully saturated rings. The molecular weight excluding hydrogens is 447 g/mol. The first-order valence-electron chi connectivity index (χ1n) is 5.47. The molecule has 0 spiro atoms. The molecule has 1 rings (SSSR count). The first kappa shape index (κ1) is 17.2. The van der Waals surface area contributed by atoms with Gasteiger partial charge in [-0.3, -0.25) is 15.4 Å². The lowest BCUT2D eigenvalue weighted by Crippen LogP contribution is -2.48. The molecule has 1 saturated heterocycles. The van der Waals surface area contributed by atoms with Gasteiger partial charge in [-0.25, -0.2) is 0 Å². The Labute approximate surface area is 138 Å². The van der Waals surface area contributed by atoms with E-state index in [1.807, 2.05) is 22.6 Å². The summed E-state index contributed by atoms with van der Waals surface area (Å²) in [6, 6.07) is -0.295. The van der Waals surface area contributed by atoms with E-state index in [0.717, 1.165) is 0 Å². The van der Waals surface area contributed by atoms with E-state index in [2.05, 4.69) is 33.1 Å². The van der Waals surface area contributed by atoms with Crippen LogP contribution in [-0.4, -0.2) is 38.0 Å². The number of nitrogens with one attached hydrogen (secondary N) is 3. The van der Waals surface area contributed by atoms with Gasteiger partial charge < -0.3 is 15.9 Å². The smallest absolute Gasteiger partial charge is 0.320 e. The van der Waals surface area contributed by atoms with Gasteiger partial charge >= 0.3 is 5.97 Å². The number of carbonyl (C=O) groups excluding carboxylic acids is 1. The van der Waals surface area contributed by atoms with E-state index < -0.39 is 0 Å². The van der Waals surface area contributed by atoms with E-state index >= 15 is 0 Å². The van der Waals surface area contributed by atoms with Crippen molar-refractivity contribution < 1.29 is 9.53 Å². The molecule has 0 aromatic heterocycles. The Balaban J connectivity index is 2.53. The lowest BCUT2D eigenvalue weighted by Gasteiger charge is -2.20. The highest BCUT2D eigenvalue weighted by atomic mass is 127. The summed E-state index contributed by atoms with van der Waals surface area (Å²) in [7, 11) is 0. The number of hydrogen-bond acceptors (Lipinski definition) is 7. The van der Waals surface area contributed by atoms with Crippen LogP contribution in [0.2, 0.25) is 0 Å². The van der Waals surface area contributed by atoms with Crippen LogP contribution < -0.4 is 16.4 Å². The number of alkyl halides is 2. The fraction of sp³-hybridized carbons (Fsp3) is 0.600. The highest BCUT2D eigenvalue weighted by Gasteiger charge is 2.36.